The summed E-state index contributed by atoms with van der Waals surface area (Å²) in [6, 6.07) is 15.0. The number of fused-ring (bicyclic) bond motifs is 1. The fraction of sp³-hybridized carbons (Fsp3) is 0.211. The third kappa shape index (κ3) is 2.82. The molecular formula is C19H17ClN2O2S2. The van der Waals surface area contributed by atoms with Gasteiger partial charge in [-0.3, -0.25) is 0 Å². The van der Waals surface area contributed by atoms with E-state index in [2.05, 4.69) is 22.9 Å². The highest BCUT2D eigenvalue weighted by Crippen LogP contribution is 2.43. The number of para-hydroxylation sites is 1. The highest BCUT2D eigenvalue weighted by Gasteiger charge is 2.32. The molecule has 0 saturated carbocycles. The number of hydrogen-bond acceptors (Lipinski definition) is 5. The molecule has 1 aliphatic heterocycles. The molecule has 3 aromatic rings. The first-order valence-electron chi connectivity index (χ1n) is 8.23. The number of aryl methyl sites for hydroxylation is 1. The zero-order valence-electron chi connectivity index (χ0n) is 14.3. The molecule has 1 aromatic heterocycles. The van der Waals surface area contributed by atoms with Crippen molar-refractivity contribution >= 4 is 43.6 Å². The van der Waals surface area contributed by atoms with Crippen LogP contribution in [0.2, 0.25) is 4.34 Å². The van der Waals surface area contributed by atoms with Crippen LogP contribution in [0.15, 0.2) is 58.5 Å². The SMILES string of the molecule is Cc1ccc(S(=O)(=O)c2nc(N3c4ccccc4C[C@H]3C)sc2Cl)cc1. The minimum atomic E-state index is -3.75. The molecule has 0 unspecified atom stereocenters. The minimum absolute atomic E-state index is 0.0698. The summed E-state index contributed by atoms with van der Waals surface area (Å²) in [5.41, 5.74) is 3.29. The van der Waals surface area contributed by atoms with Crippen LogP contribution in [0.4, 0.5) is 10.8 Å². The molecule has 134 valence electrons. The second-order valence-electron chi connectivity index (χ2n) is 6.44. The Kier molecular flexibility index (Phi) is 4.29. The van der Waals surface area contributed by atoms with Gasteiger partial charge in [0.15, 0.2) is 10.2 Å². The van der Waals surface area contributed by atoms with Gasteiger partial charge in [-0.15, -0.1) is 0 Å². The van der Waals surface area contributed by atoms with Crippen LogP contribution in [0.1, 0.15) is 18.1 Å². The molecule has 26 heavy (non-hydrogen) atoms. The molecule has 2 heterocycles. The first-order valence-corrected chi connectivity index (χ1v) is 10.9. The Labute approximate surface area is 162 Å². The topological polar surface area (TPSA) is 50.3 Å². The molecule has 0 fully saturated rings. The lowest BCUT2D eigenvalue weighted by Gasteiger charge is -2.21. The van der Waals surface area contributed by atoms with Gasteiger partial charge in [0.05, 0.1) is 4.90 Å². The van der Waals surface area contributed by atoms with Crippen LogP contribution in [0, 0.1) is 6.92 Å². The Morgan fingerprint density at radius 1 is 1.15 bits per heavy atom. The molecule has 7 heteroatoms. The van der Waals surface area contributed by atoms with Crippen molar-refractivity contribution in [2.75, 3.05) is 4.90 Å². The molecule has 0 N–H and O–H groups in total. The second kappa shape index (κ2) is 6.37. The fourth-order valence-corrected chi connectivity index (χ4v) is 6.24. The number of sulfone groups is 1. The van der Waals surface area contributed by atoms with E-state index in [1.54, 1.807) is 24.3 Å². The lowest BCUT2D eigenvalue weighted by atomic mass is 10.1. The summed E-state index contributed by atoms with van der Waals surface area (Å²) in [6.07, 6.45) is 0.896. The number of anilines is 2. The summed E-state index contributed by atoms with van der Waals surface area (Å²) in [7, 11) is -3.75. The molecule has 4 rings (SSSR count). The van der Waals surface area contributed by atoms with E-state index in [-0.39, 0.29) is 20.3 Å². The van der Waals surface area contributed by atoms with Gasteiger partial charge in [-0.2, -0.15) is 0 Å². The number of benzene rings is 2. The van der Waals surface area contributed by atoms with Gasteiger partial charge in [-0.05, 0) is 44.0 Å². The molecule has 1 atom stereocenters. The Hall–Kier alpha value is -1.89. The zero-order chi connectivity index (χ0) is 18.5. The number of halogens is 1. The number of thiazole rings is 1. The third-order valence-corrected chi connectivity index (χ3v) is 7.74. The van der Waals surface area contributed by atoms with E-state index < -0.39 is 9.84 Å². The fourth-order valence-electron chi connectivity index (χ4n) is 3.23. The van der Waals surface area contributed by atoms with Crippen LogP contribution in [-0.2, 0) is 16.3 Å². The normalized spacial score (nSPS) is 16.7. The first-order chi connectivity index (χ1) is 12.4. The van der Waals surface area contributed by atoms with Gasteiger partial charge in [0.2, 0.25) is 9.84 Å². The predicted octanol–water partition coefficient (Wildman–Crippen LogP) is 5.02. The van der Waals surface area contributed by atoms with Crippen LogP contribution in [-0.4, -0.2) is 19.4 Å². The predicted molar refractivity (Wildman–Crippen MR) is 106 cm³/mol. The van der Waals surface area contributed by atoms with Crippen LogP contribution < -0.4 is 4.90 Å². The van der Waals surface area contributed by atoms with E-state index in [0.29, 0.717) is 5.13 Å². The maximum atomic E-state index is 13.0. The summed E-state index contributed by atoms with van der Waals surface area (Å²) >= 11 is 7.52. The van der Waals surface area contributed by atoms with Crippen molar-refractivity contribution in [3.63, 3.8) is 0 Å². The summed E-state index contributed by atoms with van der Waals surface area (Å²) in [4.78, 5) is 6.71. The van der Waals surface area contributed by atoms with Crippen LogP contribution in [0.25, 0.3) is 0 Å². The summed E-state index contributed by atoms with van der Waals surface area (Å²) in [5, 5.41) is 0.540. The van der Waals surface area contributed by atoms with Gasteiger partial charge in [0.1, 0.15) is 4.34 Å². The zero-order valence-corrected chi connectivity index (χ0v) is 16.7. The second-order valence-corrected chi connectivity index (χ2v) is 9.89. The molecule has 0 radical (unpaired) electrons. The van der Waals surface area contributed by atoms with Crippen molar-refractivity contribution in [2.24, 2.45) is 0 Å². The maximum absolute atomic E-state index is 13.0. The van der Waals surface area contributed by atoms with Crippen molar-refractivity contribution in [3.05, 3.63) is 64.0 Å². The molecule has 0 bridgehead atoms. The molecule has 0 aliphatic carbocycles. The molecule has 2 aromatic carbocycles. The largest absolute Gasteiger partial charge is 0.314 e. The first kappa shape index (κ1) is 17.5. The Balaban J connectivity index is 1.78. The van der Waals surface area contributed by atoms with E-state index in [0.717, 1.165) is 17.7 Å². The summed E-state index contributed by atoms with van der Waals surface area (Å²) in [5.74, 6) is 0. The highest BCUT2D eigenvalue weighted by molar-refractivity contribution is 7.91. The molecule has 0 spiro atoms. The average Bonchev–Trinajstić information content (AvgIpc) is 3.14. The van der Waals surface area contributed by atoms with Crippen molar-refractivity contribution < 1.29 is 8.42 Å². The van der Waals surface area contributed by atoms with Gasteiger partial charge >= 0.3 is 0 Å². The standard InChI is InChI=1S/C19H17ClN2O2S2/c1-12-7-9-15(10-8-12)26(23,24)18-17(20)25-19(21-18)22-13(2)11-14-5-3-4-6-16(14)22/h3-10,13H,11H2,1-2H3/t13-/m1/s1. The van der Waals surface area contributed by atoms with Gasteiger partial charge in [0.25, 0.3) is 0 Å². The van der Waals surface area contributed by atoms with Crippen LogP contribution in [0.3, 0.4) is 0 Å². The molecule has 4 nitrogen and oxygen atoms in total. The van der Waals surface area contributed by atoms with Crippen LogP contribution >= 0.6 is 22.9 Å². The molecular weight excluding hydrogens is 388 g/mol. The highest BCUT2D eigenvalue weighted by atomic mass is 35.5. The van der Waals surface area contributed by atoms with Crippen molar-refractivity contribution in [3.8, 4) is 0 Å². The lowest BCUT2D eigenvalue weighted by Crippen LogP contribution is -2.23. The van der Waals surface area contributed by atoms with Gasteiger partial charge < -0.3 is 4.90 Å². The van der Waals surface area contributed by atoms with Gasteiger partial charge in [-0.25, -0.2) is 13.4 Å². The lowest BCUT2D eigenvalue weighted by molar-refractivity contribution is 0.593. The summed E-state index contributed by atoms with van der Waals surface area (Å²) < 4.78 is 26.1. The van der Waals surface area contributed by atoms with Crippen LogP contribution in [0.5, 0.6) is 0 Å². The van der Waals surface area contributed by atoms with E-state index in [1.807, 2.05) is 25.1 Å². The van der Waals surface area contributed by atoms with Crippen molar-refractivity contribution in [2.45, 2.75) is 36.2 Å². The Bertz CT molecular complexity index is 1080. The van der Waals surface area contributed by atoms with E-state index in [9.17, 15) is 8.42 Å². The minimum Gasteiger partial charge on any atom is -0.314 e. The van der Waals surface area contributed by atoms with Crippen molar-refractivity contribution in [1.29, 1.82) is 0 Å². The summed E-state index contributed by atoms with van der Waals surface area (Å²) in [6.45, 7) is 4.01. The maximum Gasteiger partial charge on any atom is 0.226 e. The smallest absolute Gasteiger partial charge is 0.226 e. The number of nitrogens with zero attached hydrogens (tertiary/aromatic N) is 2. The molecule has 0 amide bonds. The van der Waals surface area contributed by atoms with E-state index in [4.69, 9.17) is 11.6 Å². The quantitative estimate of drug-likeness (QED) is 0.615. The Morgan fingerprint density at radius 2 is 1.85 bits per heavy atom. The van der Waals surface area contributed by atoms with Gasteiger partial charge in [0, 0.05) is 11.7 Å². The monoisotopic (exact) mass is 404 g/mol. The van der Waals surface area contributed by atoms with Crippen molar-refractivity contribution in [1.82, 2.24) is 4.98 Å². The number of rotatable bonds is 3. The van der Waals surface area contributed by atoms with E-state index >= 15 is 0 Å². The third-order valence-electron chi connectivity index (χ3n) is 4.55. The molecule has 0 saturated heterocycles. The van der Waals surface area contributed by atoms with E-state index in [1.165, 1.54) is 16.9 Å². The number of hydrogen-bond donors (Lipinski definition) is 0. The molecule has 1 aliphatic rings. The number of aromatic nitrogens is 1. The van der Waals surface area contributed by atoms with Gasteiger partial charge in [-0.1, -0.05) is 58.8 Å². The average molecular weight is 405 g/mol. The Morgan fingerprint density at radius 3 is 2.58 bits per heavy atom.